The van der Waals surface area contributed by atoms with Gasteiger partial charge in [-0.05, 0) is 30.3 Å². The quantitative estimate of drug-likeness (QED) is 0.773. The van der Waals surface area contributed by atoms with Crippen LogP contribution in [-0.2, 0) is 14.4 Å². The standard InChI is InChI=1S/C18H13Cl2N5O3/c19-10-6-7-13(12(20)8-10)25-17(27)15-16(18(25)28)24(23-22-15)9-14(26)21-11-4-2-1-3-5-11/h1-8,15-16H,9H2,(H,21,26)/t15-,16-/m1/s1. The summed E-state index contributed by atoms with van der Waals surface area (Å²) in [5.74, 6) is -1.47. The van der Waals surface area contributed by atoms with Crippen LogP contribution in [0.1, 0.15) is 0 Å². The fourth-order valence-electron chi connectivity index (χ4n) is 3.12. The number of carbonyl (C=O) groups is 3. The molecule has 0 aliphatic carbocycles. The first kappa shape index (κ1) is 18.4. The first-order valence-corrected chi connectivity index (χ1v) is 9.06. The Hall–Kier alpha value is -2.97. The summed E-state index contributed by atoms with van der Waals surface area (Å²) in [5, 5.41) is 12.2. The predicted octanol–water partition coefficient (Wildman–Crippen LogP) is 2.93. The summed E-state index contributed by atoms with van der Waals surface area (Å²) in [5.41, 5.74) is 0.836. The minimum absolute atomic E-state index is 0.166. The summed E-state index contributed by atoms with van der Waals surface area (Å²) in [6.45, 7) is -0.221. The van der Waals surface area contributed by atoms with Crippen LogP contribution in [0.4, 0.5) is 11.4 Å². The van der Waals surface area contributed by atoms with Crippen LogP contribution in [0.25, 0.3) is 0 Å². The molecule has 1 saturated heterocycles. The monoisotopic (exact) mass is 417 g/mol. The van der Waals surface area contributed by atoms with Gasteiger partial charge in [-0.1, -0.05) is 46.6 Å². The normalized spacial score (nSPS) is 20.6. The van der Waals surface area contributed by atoms with Gasteiger partial charge in [-0.25, -0.2) is 4.90 Å². The third kappa shape index (κ3) is 3.21. The Morgan fingerprint density at radius 1 is 1.07 bits per heavy atom. The third-order valence-corrected chi connectivity index (χ3v) is 4.91. The molecule has 2 aromatic carbocycles. The zero-order valence-electron chi connectivity index (χ0n) is 14.3. The van der Waals surface area contributed by atoms with Gasteiger partial charge in [-0.15, -0.1) is 0 Å². The van der Waals surface area contributed by atoms with E-state index in [0.29, 0.717) is 10.7 Å². The van der Waals surface area contributed by atoms with E-state index in [2.05, 4.69) is 15.7 Å². The Morgan fingerprint density at radius 3 is 2.54 bits per heavy atom. The molecule has 1 fully saturated rings. The smallest absolute Gasteiger partial charge is 0.263 e. The maximum absolute atomic E-state index is 12.9. The van der Waals surface area contributed by atoms with Gasteiger partial charge in [-0.2, -0.15) is 5.11 Å². The summed E-state index contributed by atoms with van der Waals surface area (Å²) >= 11 is 12.0. The second-order valence-electron chi connectivity index (χ2n) is 6.21. The number of anilines is 2. The lowest BCUT2D eigenvalue weighted by Crippen LogP contribution is -2.43. The molecule has 0 saturated carbocycles. The molecule has 8 nitrogen and oxygen atoms in total. The molecule has 0 spiro atoms. The Morgan fingerprint density at radius 2 is 1.82 bits per heavy atom. The van der Waals surface area contributed by atoms with E-state index in [4.69, 9.17) is 23.2 Å². The van der Waals surface area contributed by atoms with E-state index < -0.39 is 23.9 Å². The molecule has 10 heteroatoms. The molecule has 2 atom stereocenters. The van der Waals surface area contributed by atoms with Crippen molar-refractivity contribution in [1.29, 1.82) is 0 Å². The molecular formula is C18H13Cl2N5O3. The molecule has 0 radical (unpaired) electrons. The number of carbonyl (C=O) groups excluding carboxylic acids is 3. The molecule has 0 aromatic heterocycles. The highest BCUT2D eigenvalue weighted by atomic mass is 35.5. The van der Waals surface area contributed by atoms with Crippen molar-refractivity contribution in [2.75, 3.05) is 16.8 Å². The molecule has 142 valence electrons. The Labute approximate surface area is 169 Å². The molecule has 0 bridgehead atoms. The first-order valence-electron chi connectivity index (χ1n) is 8.31. The largest absolute Gasteiger partial charge is 0.324 e. The average molecular weight is 418 g/mol. The molecule has 28 heavy (non-hydrogen) atoms. The van der Waals surface area contributed by atoms with Crippen molar-refractivity contribution in [2.45, 2.75) is 12.1 Å². The highest BCUT2D eigenvalue weighted by Crippen LogP contribution is 2.36. The second-order valence-corrected chi connectivity index (χ2v) is 7.06. The van der Waals surface area contributed by atoms with Crippen molar-refractivity contribution < 1.29 is 14.4 Å². The average Bonchev–Trinajstić information content (AvgIpc) is 3.17. The molecule has 0 unspecified atom stereocenters. The Balaban J connectivity index is 1.52. The van der Waals surface area contributed by atoms with Crippen LogP contribution in [0.15, 0.2) is 58.9 Å². The van der Waals surface area contributed by atoms with Gasteiger partial charge in [0.05, 0.1) is 10.7 Å². The van der Waals surface area contributed by atoms with Crippen LogP contribution in [-0.4, -0.2) is 41.4 Å². The number of fused-ring (bicyclic) bond motifs is 1. The van der Waals surface area contributed by atoms with Crippen molar-refractivity contribution in [3.8, 4) is 0 Å². The number of benzene rings is 2. The van der Waals surface area contributed by atoms with E-state index >= 15 is 0 Å². The summed E-state index contributed by atoms with van der Waals surface area (Å²) < 4.78 is 0. The molecule has 3 amide bonds. The van der Waals surface area contributed by atoms with E-state index in [1.807, 2.05) is 6.07 Å². The summed E-state index contributed by atoms with van der Waals surface area (Å²) in [6.07, 6.45) is 0. The lowest BCUT2D eigenvalue weighted by atomic mass is 10.1. The van der Waals surface area contributed by atoms with Gasteiger partial charge in [-0.3, -0.25) is 19.4 Å². The highest BCUT2D eigenvalue weighted by molar-refractivity contribution is 6.38. The minimum atomic E-state index is -1.01. The fraction of sp³-hybridized carbons (Fsp3) is 0.167. The van der Waals surface area contributed by atoms with Crippen molar-refractivity contribution >= 4 is 52.3 Å². The van der Waals surface area contributed by atoms with Crippen LogP contribution in [0, 0.1) is 0 Å². The van der Waals surface area contributed by atoms with Crippen molar-refractivity contribution in [2.24, 2.45) is 10.3 Å². The van der Waals surface area contributed by atoms with Crippen molar-refractivity contribution in [3.63, 3.8) is 0 Å². The number of nitrogens with one attached hydrogen (secondary N) is 1. The van der Waals surface area contributed by atoms with Gasteiger partial charge in [0.25, 0.3) is 11.8 Å². The zero-order chi connectivity index (χ0) is 19.8. The Bertz CT molecular complexity index is 998. The fourth-order valence-corrected chi connectivity index (χ4v) is 3.62. The van der Waals surface area contributed by atoms with Gasteiger partial charge in [0.2, 0.25) is 5.91 Å². The van der Waals surface area contributed by atoms with Crippen LogP contribution in [0.2, 0.25) is 10.0 Å². The number of imide groups is 1. The topological polar surface area (TPSA) is 94.4 Å². The number of nitrogens with zero attached hydrogens (tertiary/aromatic N) is 4. The molecule has 2 aliphatic rings. The molecule has 1 N–H and O–H groups in total. The number of hydrogen-bond acceptors (Lipinski definition) is 6. The lowest BCUT2D eigenvalue weighted by molar-refractivity contribution is -0.123. The number of rotatable bonds is 4. The van der Waals surface area contributed by atoms with E-state index in [9.17, 15) is 14.4 Å². The predicted molar refractivity (Wildman–Crippen MR) is 103 cm³/mol. The third-order valence-electron chi connectivity index (χ3n) is 4.37. The number of hydrogen-bond donors (Lipinski definition) is 1. The lowest BCUT2D eigenvalue weighted by Gasteiger charge is -2.20. The van der Waals surface area contributed by atoms with E-state index in [1.165, 1.54) is 23.2 Å². The zero-order valence-corrected chi connectivity index (χ0v) is 15.8. The molecule has 2 aliphatic heterocycles. The van der Waals surface area contributed by atoms with E-state index in [-0.39, 0.29) is 23.2 Å². The maximum Gasteiger partial charge on any atom is 0.263 e. The van der Waals surface area contributed by atoms with Crippen LogP contribution in [0.3, 0.4) is 0 Å². The maximum atomic E-state index is 12.9. The molecule has 2 aromatic rings. The van der Waals surface area contributed by atoms with Crippen molar-refractivity contribution in [3.05, 3.63) is 58.6 Å². The number of halogens is 2. The van der Waals surface area contributed by atoms with Crippen LogP contribution in [0.5, 0.6) is 0 Å². The Kier molecular flexibility index (Phi) is 4.74. The first-order chi connectivity index (χ1) is 13.5. The van der Waals surface area contributed by atoms with Crippen LogP contribution >= 0.6 is 23.2 Å². The number of para-hydroxylation sites is 1. The summed E-state index contributed by atoms with van der Waals surface area (Å²) in [6, 6.07) is 11.3. The van der Waals surface area contributed by atoms with E-state index in [0.717, 1.165) is 4.90 Å². The highest BCUT2D eigenvalue weighted by Gasteiger charge is 2.55. The van der Waals surface area contributed by atoms with E-state index in [1.54, 1.807) is 24.3 Å². The molecular weight excluding hydrogens is 405 g/mol. The number of amides is 3. The van der Waals surface area contributed by atoms with Gasteiger partial charge in [0.1, 0.15) is 6.54 Å². The van der Waals surface area contributed by atoms with Gasteiger partial charge >= 0.3 is 0 Å². The SMILES string of the molecule is O=C(CN1N=N[C@H]2C(=O)N(c3ccc(Cl)cc3Cl)C(=O)[C@@H]21)Nc1ccccc1. The second kappa shape index (κ2) is 7.21. The van der Waals surface area contributed by atoms with Crippen LogP contribution < -0.4 is 10.2 Å². The molecule has 4 rings (SSSR count). The molecule has 2 heterocycles. The summed E-state index contributed by atoms with van der Waals surface area (Å²) in [4.78, 5) is 38.8. The van der Waals surface area contributed by atoms with Gasteiger partial charge in [0, 0.05) is 10.7 Å². The summed E-state index contributed by atoms with van der Waals surface area (Å²) in [7, 11) is 0. The van der Waals surface area contributed by atoms with Gasteiger partial charge in [0.15, 0.2) is 12.1 Å². The van der Waals surface area contributed by atoms with Gasteiger partial charge < -0.3 is 5.32 Å². The van der Waals surface area contributed by atoms with Crippen molar-refractivity contribution in [1.82, 2.24) is 5.01 Å². The minimum Gasteiger partial charge on any atom is -0.324 e.